The summed E-state index contributed by atoms with van der Waals surface area (Å²) in [4.78, 5) is 34.5. The number of rotatable bonds is 10. The Morgan fingerprint density at radius 1 is 1.02 bits per heavy atom. The Morgan fingerprint density at radius 3 is 2.67 bits per heavy atom. The number of aromatic nitrogens is 4. The maximum Gasteiger partial charge on any atom is 0.268 e. The summed E-state index contributed by atoms with van der Waals surface area (Å²) in [6.07, 6.45) is 3.54. The van der Waals surface area contributed by atoms with Gasteiger partial charge in [0.15, 0.2) is 5.78 Å². The molecule has 5 aromatic rings. The molecule has 0 atom stereocenters. The van der Waals surface area contributed by atoms with Gasteiger partial charge in [-0.3, -0.25) is 24.9 Å². The number of fused-ring (bicyclic) bond motifs is 1. The molecule has 1 fully saturated rings. The van der Waals surface area contributed by atoms with Crippen LogP contribution >= 0.6 is 11.3 Å². The van der Waals surface area contributed by atoms with Gasteiger partial charge in [0.2, 0.25) is 5.95 Å². The molecule has 11 heteroatoms. The number of aromatic amines is 1. The van der Waals surface area contributed by atoms with Crippen molar-refractivity contribution >= 4 is 45.7 Å². The molecule has 3 N–H and O–H groups in total. The molecule has 0 spiro atoms. The lowest BCUT2D eigenvalue weighted by Crippen LogP contribution is -2.38. The van der Waals surface area contributed by atoms with Crippen LogP contribution in [0.5, 0.6) is 0 Å². The maximum atomic E-state index is 13.3. The third-order valence-electron chi connectivity index (χ3n) is 6.88. The minimum absolute atomic E-state index is 0.00965. The first kappa shape index (κ1) is 25.9. The van der Waals surface area contributed by atoms with Crippen LogP contribution in [0.25, 0.3) is 21.5 Å². The first-order valence-corrected chi connectivity index (χ1v) is 14.0. The Hall–Kier alpha value is -4.32. The highest BCUT2D eigenvalue weighted by atomic mass is 32.1. The van der Waals surface area contributed by atoms with E-state index >= 15 is 0 Å². The number of nitrogens with one attached hydrogen (secondary N) is 3. The van der Waals surface area contributed by atoms with E-state index in [0.717, 1.165) is 60.0 Å². The number of benzene rings is 2. The average Bonchev–Trinajstić information content (AvgIpc) is 3.76. The summed E-state index contributed by atoms with van der Waals surface area (Å²) >= 11 is 1.40. The van der Waals surface area contributed by atoms with Gasteiger partial charge in [-0.25, -0.2) is 4.98 Å². The molecular formula is C29H29N7O3S. The minimum Gasteiger partial charge on any atom is -0.379 e. The van der Waals surface area contributed by atoms with E-state index in [-0.39, 0.29) is 18.2 Å². The van der Waals surface area contributed by atoms with Crippen LogP contribution in [0.15, 0.2) is 73.1 Å². The highest BCUT2D eigenvalue weighted by Crippen LogP contribution is 2.29. The molecule has 0 radical (unpaired) electrons. The molecular weight excluding hydrogens is 526 g/mol. The lowest BCUT2D eigenvalue weighted by Gasteiger charge is -2.26. The zero-order valence-corrected chi connectivity index (χ0v) is 22.6. The third kappa shape index (κ3) is 5.81. The van der Waals surface area contributed by atoms with E-state index in [0.29, 0.717) is 22.9 Å². The number of hydrogen-bond donors (Lipinski definition) is 3. The van der Waals surface area contributed by atoms with Crippen LogP contribution in [-0.4, -0.2) is 75.7 Å². The fraction of sp³-hybridized carbons (Fsp3) is 0.241. The number of morpholine rings is 1. The lowest BCUT2D eigenvalue weighted by molar-refractivity contribution is 0.0366. The van der Waals surface area contributed by atoms with Crippen molar-refractivity contribution in [2.24, 2.45) is 0 Å². The summed E-state index contributed by atoms with van der Waals surface area (Å²) in [6, 6.07) is 18.8. The summed E-state index contributed by atoms with van der Waals surface area (Å²) in [5.74, 6) is 0.286. The van der Waals surface area contributed by atoms with E-state index in [1.165, 1.54) is 11.3 Å². The number of Topliss-reactive ketones (excluding diaryl/α,β-unsaturated/α-hetero) is 1. The Morgan fingerprint density at radius 2 is 1.88 bits per heavy atom. The quantitative estimate of drug-likeness (QED) is 0.219. The highest BCUT2D eigenvalue weighted by molar-refractivity contribution is 7.17. The van der Waals surface area contributed by atoms with Crippen LogP contribution in [0.2, 0.25) is 0 Å². The van der Waals surface area contributed by atoms with Crippen molar-refractivity contribution in [3.8, 4) is 10.4 Å². The van der Waals surface area contributed by atoms with Gasteiger partial charge in [-0.2, -0.15) is 5.10 Å². The number of imidazole rings is 1. The Bertz CT molecular complexity index is 1610. The fourth-order valence-electron chi connectivity index (χ4n) is 4.70. The first-order chi connectivity index (χ1) is 19.6. The molecule has 2 aromatic carbocycles. The molecule has 1 aliphatic rings. The second-order valence-electron chi connectivity index (χ2n) is 9.49. The smallest absolute Gasteiger partial charge is 0.268 e. The number of anilines is 2. The van der Waals surface area contributed by atoms with Crippen molar-refractivity contribution < 1.29 is 14.3 Å². The SMILES string of the molecule is O=C(CNc1ccc2c(c1)nc(NC(=O)c1ccc(-c3cn[nH]c3)s1)n2CCN1CCOCC1)c1ccccc1. The number of amides is 1. The molecule has 1 saturated heterocycles. The van der Waals surface area contributed by atoms with E-state index < -0.39 is 0 Å². The zero-order valence-electron chi connectivity index (χ0n) is 21.8. The van der Waals surface area contributed by atoms with Gasteiger partial charge in [-0.1, -0.05) is 30.3 Å². The topological polar surface area (TPSA) is 117 Å². The van der Waals surface area contributed by atoms with Gasteiger partial charge >= 0.3 is 0 Å². The van der Waals surface area contributed by atoms with Crippen molar-refractivity contribution in [3.05, 3.63) is 83.5 Å². The van der Waals surface area contributed by atoms with Gasteiger partial charge in [0.1, 0.15) is 0 Å². The van der Waals surface area contributed by atoms with Crippen LogP contribution < -0.4 is 10.6 Å². The van der Waals surface area contributed by atoms with Crippen molar-refractivity contribution in [2.75, 3.05) is 50.0 Å². The van der Waals surface area contributed by atoms with E-state index in [1.807, 2.05) is 65.2 Å². The van der Waals surface area contributed by atoms with Crippen molar-refractivity contribution in [1.82, 2.24) is 24.6 Å². The Kier molecular flexibility index (Phi) is 7.67. The van der Waals surface area contributed by atoms with Crippen LogP contribution in [0.3, 0.4) is 0 Å². The number of hydrogen-bond acceptors (Lipinski definition) is 8. The molecule has 6 rings (SSSR count). The standard InChI is InChI=1S/C29H29N7O3S/c37-25(20-4-2-1-3-5-20)19-30-22-6-7-24-23(16-22)33-29(36(24)11-10-35-12-14-39-15-13-35)34-28(38)27-9-8-26(40-27)21-17-31-32-18-21/h1-9,16-18,30H,10-15,19H2,(H,31,32)(H,33,34,38). The molecule has 204 valence electrons. The average molecular weight is 556 g/mol. The summed E-state index contributed by atoms with van der Waals surface area (Å²) in [5.41, 5.74) is 4.04. The van der Waals surface area contributed by atoms with E-state index in [4.69, 9.17) is 9.72 Å². The molecule has 0 bridgehead atoms. The number of H-pyrrole nitrogens is 1. The summed E-state index contributed by atoms with van der Waals surface area (Å²) in [5, 5.41) is 13.0. The largest absolute Gasteiger partial charge is 0.379 e. The van der Waals surface area contributed by atoms with Crippen LogP contribution in [-0.2, 0) is 11.3 Å². The monoisotopic (exact) mass is 555 g/mol. The Labute approximate surface area is 235 Å². The summed E-state index contributed by atoms with van der Waals surface area (Å²) in [7, 11) is 0. The number of carbonyl (C=O) groups is 2. The normalized spacial score (nSPS) is 13.9. The maximum absolute atomic E-state index is 13.3. The van der Waals surface area contributed by atoms with Gasteiger partial charge in [-0.05, 0) is 30.3 Å². The van der Waals surface area contributed by atoms with Crippen LogP contribution in [0.4, 0.5) is 11.6 Å². The predicted octanol–water partition coefficient (Wildman–Crippen LogP) is 4.37. The van der Waals surface area contributed by atoms with E-state index in [2.05, 4.69) is 25.7 Å². The third-order valence-corrected chi connectivity index (χ3v) is 8.01. The number of carbonyl (C=O) groups excluding carboxylic acids is 2. The molecule has 4 heterocycles. The number of ether oxygens (including phenoxy) is 1. The molecule has 0 unspecified atom stereocenters. The van der Waals surface area contributed by atoms with Crippen LogP contribution in [0, 0.1) is 0 Å². The lowest BCUT2D eigenvalue weighted by atomic mass is 10.1. The zero-order chi connectivity index (χ0) is 27.3. The second kappa shape index (κ2) is 11.8. The molecule has 10 nitrogen and oxygen atoms in total. The molecule has 0 saturated carbocycles. The molecule has 0 aliphatic carbocycles. The molecule has 3 aromatic heterocycles. The molecule has 1 aliphatic heterocycles. The van der Waals surface area contributed by atoms with E-state index in [9.17, 15) is 9.59 Å². The van der Waals surface area contributed by atoms with Crippen LogP contribution in [0.1, 0.15) is 20.0 Å². The first-order valence-electron chi connectivity index (χ1n) is 13.2. The highest BCUT2D eigenvalue weighted by Gasteiger charge is 2.19. The van der Waals surface area contributed by atoms with Gasteiger partial charge in [0.25, 0.3) is 5.91 Å². The number of ketones is 1. The Balaban J connectivity index is 1.23. The molecule has 40 heavy (non-hydrogen) atoms. The predicted molar refractivity (Wildman–Crippen MR) is 156 cm³/mol. The van der Waals surface area contributed by atoms with Gasteiger partial charge in [-0.15, -0.1) is 11.3 Å². The van der Waals surface area contributed by atoms with Gasteiger partial charge < -0.3 is 14.6 Å². The van der Waals surface area contributed by atoms with E-state index in [1.54, 1.807) is 12.4 Å². The number of nitrogens with zero attached hydrogens (tertiary/aromatic N) is 4. The van der Waals surface area contributed by atoms with Crippen molar-refractivity contribution in [3.63, 3.8) is 0 Å². The summed E-state index contributed by atoms with van der Waals surface area (Å²) in [6.45, 7) is 4.86. The van der Waals surface area contributed by atoms with Gasteiger partial charge in [0, 0.05) is 54.1 Å². The number of thiophene rings is 1. The van der Waals surface area contributed by atoms with Crippen molar-refractivity contribution in [1.29, 1.82) is 0 Å². The second-order valence-corrected chi connectivity index (χ2v) is 10.6. The molecule has 1 amide bonds. The summed E-state index contributed by atoms with van der Waals surface area (Å²) < 4.78 is 7.54. The van der Waals surface area contributed by atoms with Crippen molar-refractivity contribution in [2.45, 2.75) is 6.54 Å². The minimum atomic E-state index is -0.213. The fourth-order valence-corrected chi connectivity index (χ4v) is 5.58. The van der Waals surface area contributed by atoms with Gasteiger partial charge in [0.05, 0.1) is 41.9 Å².